The summed E-state index contributed by atoms with van der Waals surface area (Å²) in [5.74, 6) is 0.268. The van der Waals surface area contributed by atoms with Gasteiger partial charge in [-0.15, -0.1) is 0 Å². The van der Waals surface area contributed by atoms with Crippen molar-refractivity contribution in [3.05, 3.63) is 88.6 Å². The highest BCUT2D eigenvalue weighted by Crippen LogP contribution is 2.34. The van der Waals surface area contributed by atoms with Crippen LogP contribution in [-0.4, -0.2) is 63.1 Å². The van der Waals surface area contributed by atoms with Gasteiger partial charge in [0.05, 0.1) is 24.6 Å². The van der Waals surface area contributed by atoms with E-state index in [2.05, 4.69) is 28.2 Å². The molecule has 42 heavy (non-hydrogen) atoms. The Labute approximate surface area is 245 Å². The van der Waals surface area contributed by atoms with Gasteiger partial charge in [0.1, 0.15) is 17.9 Å². The van der Waals surface area contributed by atoms with E-state index >= 15 is 0 Å². The summed E-state index contributed by atoms with van der Waals surface area (Å²) in [5, 5.41) is 13.8. The van der Waals surface area contributed by atoms with E-state index in [0.29, 0.717) is 30.8 Å². The van der Waals surface area contributed by atoms with E-state index in [1.807, 2.05) is 37.3 Å². The lowest BCUT2D eigenvalue weighted by Crippen LogP contribution is -2.36. The highest BCUT2D eigenvalue weighted by atomic mass is 16.5. The third kappa shape index (κ3) is 5.89. The molecule has 1 N–H and O–H groups in total. The number of aryl methyl sites for hydroxylation is 1. The molecule has 1 fully saturated rings. The molecular formula is C33H36N4O5. The maximum Gasteiger partial charge on any atom is 0.342 e. The zero-order chi connectivity index (χ0) is 29.1. The van der Waals surface area contributed by atoms with Crippen molar-refractivity contribution in [2.24, 2.45) is 0 Å². The van der Waals surface area contributed by atoms with Gasteiger partial charge in [0, 0.05) is 31.8 Å². The van der Waals surface area contributed by atoms with Gasteiger partial charge in [-0.25, -0.2) is 9.78 Å². The Kier molecular flexibility index (Phi) is 8.21. The van der Waals surface area contributed by atoms with E-state index in [4.69, 9.17) is 19.2 Å². The van der Waals surface area contributed by atoms with Gasteiger partial charge in [0.25, 0.3) is 0 Å². The number of nitrogens with zero attached hydrogens (tertiary/aromatic N) is 4. The normalized spacial score (nSPS) is 16.8. The molecule has 0 amide bonds. The first-order valence-corrected chi connectivity index (χ1v) is 14.6. The van der Waals surface area contributed by atoms with Crippen LogP contribution in [0.15, 0.2) is 60.8 Å². The monoisotopic (exact) mass is 568 g/mol. The lowest BCUT2D eigenvalue weighted by molar-refractivity contribution is 0.0685. The number of aromatic carboxylic acids is 1. The van der Waals surface area contributed by atoms with Crippen molar-refractivity contribution >= 4 is 5.97 Å². The zero-order valence-corrected chi connectivity index (χ0v) is 24.1. The maximum atomic E-state index is 11.7. The van der Waals surface area contributed by atoms with Crippen LogP contribution in [0.1, 0.15) is 52.4 Å². The van der Waals surface area contributed by atoms with Gasteiger partial charge in [-0.05, 0) is 73.6 Å². The van der Waals surface area contributed by atoms with E-state index in [9.17, 15) is 9.90 Å². The molecule has 1 unspecified atom stereocenters. The minimum atomic E-state index is -1.10. The quantitative estimate of drug-likeness (QED) is 0.270. The molecule has 218 valence electrons. The SMILES string of the molecule is CCOc1c(C(=O)O)cnn1-c1cccc(-c2cccc(C)c2OCc2ccc3c(c2)CCN(CC2CCCO2)C3)n1. The molecule has 1 saturated heterocycles. The fourth-order valence-corrected chi connectivity index (χ4v) is 5.80. The second-order valence-electron chi connectivity index (χ2n) is 10.9. The number of carboxylic acid groups (broad SMARTS) is 1. The zero-order valence-electron chi connectivity index (χ0n) is 24.1. The number of benzene rings is 2. The molecule has 0 bridgehead atoms. The van der Waals surface area contributed by atoms with E-state index in [0.717, 1.165) is 55.1 Å². The number of fused-ring (bicyclic) bond motifs is 1. The molecule has 4 heterocycles. The van der Waals surface area contributed by atoms with Gasteiger partial charge in [-0.1, -0.05) is 36.4 Å². The first kappa shape index (κ1) is 27.9. The largest absolute Gasteiger partial charge is 0.488 e. The number of para-hydroxylation sites is 1. The second kappa shape index (κ2) is 12.3. The summed E-state index contributed by atoms with van der Waals surface area (Å²) in [6, 6.07) is 18.2. The lowest BCUT2D eigenvalue weighted by Gasteiger charge is -2.30. The smallest absolute Gasteiger partial charge is 0.342 e. The molecule has 1 atom stereocenters. The van der Waals surface area contributed by atoms with Gasteiger partial charge >= 0.3 is 5.97 Å². The summed E-state index contributed by atoms with van der Waals surface area (Å²) in [6.45, 7) is 8.51. The van der Waals surface area contributed by atoms with Crippen LogP contribution in [0.25, 0.3) is 17.1 Å². The summed E-state index contributed by atoms with van der Waals surface area (Å²) >= 11 is 0. The highest BCUT2D eigenvalue weighted by Gasteiger charge is 2.23. The Morgan fingerprint density at radius 2 is 2.00 bits per heavy atom. The number of ether oxygens (including phenoxy) is 3. The number of pyridine rings is 1. The van der Waals surface area contributed by atoms with E-state index in [1.165, 1.54) is 34.8 Å². The Hall–Kier alpha value is -4.21. The number of hydrogen-bond donors (Lipinski definition) is 1. The molecule has 0 radical (unpaired) electrons. The molecule has 4 aromatic rings. The first-order chi connectivity index (χ1) is 20.5. The molecule has 0 spiro atoms. The van der Waals surface area contributed by atoms with Gasteiger partial charge < -0.3 is 19.3 Å². The molecular weight excluding hydrogens is 532 g/mol. The minimum absolute atomic E-state index is 0.00998. The third-order valence-electron chi connectivity index (χ3n) is 7.91. The molecule has 6 rings (SSSR count). The van der Waals surface area contributed by atoms with Gasteiger partial charge in [-0.3, -0.25) is 4.90 Å². The summed E-state index contributed by atoms with van der Waals surface area (Å²) in [5.41, 5.74) is 6.45. The van der Waals surface area contributed by atoms with Gasteiger partial charge in [-0.2, -0.15) is 9.78 Å². The summed E-state index contributed by atoms with van der Waals surface area (Å²) in [6.07, 6.45) is 5.04. The van der Waals surface area contributed by atoms with Crippen LogP contribution in [0.2, 0.25) is 0 Å². The summed E-state index contributed by atoms with van der Waals surface area (Å²) < 4.78 is 19.3. The van der Waals surface area contributed by atoms with Crippen molar-refractivity contribution < 1.29 is 24.1 Å². The fraction of sp³-hybridized carbons (Fsp3) is 0.364. The predicted octanol–water partition coefficient (Wildman–Crippen LogP) is 5.46. The topological polar surface area (TPSA) is 98.9 Å². The number of carboxylic acids is 1. The number of hydrogen-bond acceptors (Lipinski definition) is 7. The number of aromatic nitrogens is 3. The average Bonchev–Trinajstić information content (AvgIpc) is 3.67. The van der Waals surface area contributed by atoms with Crippen LogP contribution >= 0.6 is 0 Å². The van der Waals surface area contributed by atoms with E-state index < -0.39 is 5.97 Å². The van der Waals surface area contributed by atoms with Crippen molar-refractivity contribution in [3.63, 3.8) is 0 Å². The van der Waals surface area contributed by atoms with Crippen LogP contribution in [0.5, 0.6) is 11.6 Å². The van der Waals surface area contributed by atoms with E-state index in [1.54, 1.807) is 13.0 Å². The standard InChI is InChI=1S/C33H36N4O5/c1-3-40-32-28(33(38)39)18-34-37(32)30-11-5-10-29(35-30)27-9-4-7-22(2)31(27)42-21-23-12-13-25-19-36(15-14-24(25)17-23)20-26-8-6-16-41-26/h4-5,7,9-13,17-18,26H,3,6,8,14-16,19-21H2,1-2H3,(H,38,39). The lowest BCUT2D eigenvalue weighted by atomic mass is 9.97. The van der Waals surface area contributed by atoms with E-state index in [-0.39, 0.29) is 11.4 Å². The Balaban J connectivity index is 1.20. The van der Waals surface area contributed by atoms with Crippen LogP contribution < -0.4 is 9.47 Å². The maximum absolute atomic E-state index is 11.7. The van der Waals surface area contributed by atoms with Crippen molar-refractivity contribution in [1.29, 1.82) is 0 Å². The molecule has 2 aromatic heterocycles. The Morgan fingerprint density at radius 3 is 2.81 bits per heavy atom. The molecule has 2 aliphatic heterocycles. The molecule has 2 aromatic carbocycles. The fourth-order valence-electron chi connectivity index (χ4n) is 5.80. The second-order valence-corrected chi connectivity index (χ2v) is 10.9. The third-order valence-corrected chi connectivity index (χ3v) is 7.91. The van der Waals surface area contributed by atoms with Crippen molar-refractivity contribution in [2.75, 3.05) is 26.3 Å². The Bertz CT molecular complexity index is 1580. The summed E-state index contributed by atoms with van der Waals surface area (Å²) in [4.78, 5) is 19.0. The first-order valence-electron chi connectivity index (χ1n) is 14.6. The van der Waals surface area contributed by atoms with Crippen molar-refractivity contribution in [3.8, 4) is 28.7 Å². The minimum Gasteiger partial charge on any atom is -0.488 e. The van der Waals surface area contributed by atoms with Gasteiger partial charge in [0.15, 0.2) is 5.82 Å². The highest BCUT2D eigenvalue weighted by molar-refractivity contribution is 5.90. The average molecular weight is 569 g/mol. The summed E-state index contributed by atoms with van der Waals surface area (Å²) in [7, 11) is 0. The van der Waals surface area contributed by atoms with Crippen LogP contribution in [0, 0.1) is 6.92 Å². The van der Waals surface area contributed by atoms with Crippen LogP contribution in [0.3, 0.4) is 0 Å². The molecule has 0 aliphatic carbocycles. The van der Waals surface area contributed by atoms with Crippen LogP contribution in [-0.2, 0) is 24.3 Å². The molecule has 0 saturated carbocycles. The van der Waals surface area contributed by atoms with Crippen LogP contribution in [0.4, 0.5) is 0 Å². The molecule has 9 nitrogen and oxygen atoms in total. The van der Waals surface area contributed by atoms with Crippen molar-refractivity contribution in [2.45, 2.75) is 52.4 Å². The molecule has 2 aliphatic rings. The molecule has 9 heteroatoms. The predicted molar refractivity (Wildman–Crippen MR) is 158 cm³/mol. The van der Waals surface area contributed by atoms with Gasteiger partial charge in [0.2, 0.25) is 5.88 Å². The van der Waals surface area contributed by atoms with Crippen molar-refractivity contribution in [1.82, 2.24) is 19.7 Å². The Morgan fingerprint density at radius 1 is 1.12 bits per heavy atom. The number of rotatable bonds is 10. The number of carbonyl (C=O) groups is 1.